The smallest absolute Gasteiger partial charge is 0.303 e. The Hall–Kier alpha value is -0.930. The van der Waals surface area contributed by atoms with Gasteiger partial charge in [0, 0.05) is 0 Å². The van der Waals surface area contributed by atoms with Crippen LogP contribution in [0.3, 0.4) is 0 Å². The van der Waals surface area contributed by atoms with E-state index in [2.05, 4.69) is 25.6 Å². The second-order valence-electron chi connectivity index (χ2n) is 2.57. The van der Waals surface area contributed by atoms with Gasteiger partial charge in [0.15, 0.2) is 0 Å². The molecule has 78 valence electrons. The first-order valence-electron chi connectivity index (χ1n) is 3.81. The minimum atomic E-state index is -4.64. The van der Waals surface area contributed by atoms with Crippen LogP contribution < -0.4 is 0 Å². The molecule has 5 heteroatoms. The van der Waals surface area contributed by atoms with Crippen molar-refractivity contribution in [1.29, 1.82) is 0 Å². The first kappa shape index (κ1) is 13.1. The van der Waals surface area contributed by atoms with E-state index < -0.39 is 7.82 Å². The van der Waals surface area contributed by atoms with Gasteiger partial charge in [-0.3, -0.25) is 0 Å². The van der Waals surface area contributed by atoms with Gasteiger partial charge in [-0.05, 0) is 18.1 Å². The Morgan fingerprint density at radius 2 is 1.71 bits per heavy atom. The molecule has 14 heavy (non-hydrogen) atoms. The maximum atomic E-state index is 8.88. The van der Waals surface area contributed by atoms with Crippen molar-refractivity contribution >= 4 is 13.9 Å². The van der Waals surface area contributed by atoms with E-state index in [-0.39, 0.29) is 0 Å². The van der Waals surface area contributed by atoms with Crippen molar-refractivity contribution in [3.05, 3.63) is 42.0 Å². The highest BCUT2D eigenvalue weighted by Crippen LogP contribution is 2.25. The van der Waals surface area contributed by atoms with E-state index in [1.807, 2.05) is 18.2 Å². The Labute approximate surface area is 82.8 Å². The van der Waals surface area contributed by atoms with Gasteiger partial charge in [-0.15, -0.1) is 0 Å². The maximum absolute atomic E-state index is 8.88. The molecule has 0 aliphatic heterocycles. The van der Waals surface area contributed by atoms with Gasteiger partial charge in [0.1, 0.15) is 0 Å². The SMILES string of the molecule is C=Cc1ccccc1C.O=P(O)(O)O. The summed E-state index contributed by atoms with van der Waals surface area (Å²) in [5.41, 5.74) is 2.50. The van der Waals surface area contributed by atoms with Crippen molar-refractivity contribution in [2.45, 2.75) is 6.92 Å². The molecule has 1 aromatic carbocycles. The molecule has 1 aromatic rings. The van der Waals surface area contributed by atoms with Gasteiger partial charge in [-0.2, -0.15) is 0 Å². The van der Waals surface area contributed by atoms with Gasteiger partial charge in [0.2, 0.25) is 0 Å². The summed E-state index contributed by atoms with van der Waals surface area (Å²) < 4.78 is 8.88. The predicted molar refractivity (Wildman–Crippen MR) is 55.5 cm³/mol. The number of phosphoric acid groups is 1. The van der Waals surface area contributed by atoms with Crippen molar-refractivity contribution in [3.63, 3.8) is 0 Å². The highest BCUT2D eigenvalue weighted by molar-refractivity contribution is 7.45. The fourth-order valence-electron chi connectivity index (χ4n) is 0.816. The molecule has 0 spiro atoms. The zero-order valence-corrected chi connectivity index (χ0v) is 8.69. The minimum absolute atomic E-state index is 1.22. The second kappa shape index (κ2) is 5.73. The summed E-state index contributed by atoms with van der Waals surface area (Å²) in [5.74, 6) is 0. The van der Waals surface area contributed by atoms with Gasteiger partial charge >= 0.3 is 7.82 Å². The van der Waals surface area contributed by atoms with Crippen LogP contribution in [0.1, 0.15) is 11.1 Å². The lowest BCUT2D eigenvalue weighted by atomic mass is 10.1. The average molecular weight is 216 g/mol. The third-order valence-corrected chi connectivity index (χ3v) is 1.41. The molecule has 0 saturated heterocycles. The summed E-state index contributed by atoms with van der Waals surface area (Å²) >= 11 is 0. The number of rotatable bonds is 1. The summed E-state index contributed by atoms with van der Waals surface area (Å²) in [4.78, 5) is 21.6. The Balaban J connectivity index is 0.000000292. The van der Waals surface area contributed by atoms with Crippen LogP contribution in [0.4, 0.5) is 0 Å². The molecule has 0 aliphatic rings. The summed E-state index contributed by atoms with van der Waals surface area (Å²) in [7, 11) is -4.64. The molecule has 4 nitrogen and oxygen atoms in total. The molecule has 0 unspecified atom stereocenters. The highest BCUT2D eigenvalue weighted by Gasteiger charge is 2.00. The molecule has 3 N–H and O–H groups in total. The molecule has 0 aromatic heterocycles. The van der Waals surface area contributed by atoms with E-state index >= 15 is 0 Å². The molecule has 0 heterocycles. The van der Waals surface area contributed by atoms with Crippen molar-refractivity contribution < 1.29 is 19.2 Å². The van der Waals surface area contributed by atoms with Gasteiger partial charge in [-0.25, -0.2) is 4.57 Å². The minimum Gasteiger partial charge on any atom is -0.303 e. The molecule has 0 fully saturated rings. The van der Waals surface area contributed by atoms with Crippen LogP contribution in [-0.2, 0) is 4.57 Å². The van der Waals surface area contributed by atoms with Gasteiger partial charge < -0.3 is 14.7 Å². The normalized spacial score (nSPS) is 10.0. The Bertz CT molecular complexity index is 334. The topological polar surface area (TPSA) is 77.8 Å². The number of benzene rings is 1. The van der Waals surface area contributed by atoms with E-state index in [9.17, 15) is 0 Å². The predicted octanol–water partition coefficient (Wildman–Crippen LogP) is 1.71. The quantitative estimate of drug-likeness (QED) is 0.624. The second-order valence-corrected chi connectivity index (χ2v) is 3.60. The molecular weight excluding hydrogens is 203 g/mol. The van der Waals surface area contributed by atoms with E-state index in [1.54, 1.807) is 0 Å². The van der Waals surface area contributed by atoms with Crippen LogP contribution in [0, 0.1) is 6.92 Å². The Kier molecular flexibility index (Phi) is 5.35. The van der Waals surface area contributed by atoms with E-state index in [4.69, 9.17) is 19.2 Å². The molecular formula is C9H13O4P. The maximum Gasteiger partial charge on any atom is 0.466 e. The molecule has 0 saturated carbocycles. The van der Waals surface area contributed by atoms with Gasteiger partial charge in [0.05, 0.1) is 0 Å². The van der Waals surface area contributed by atoms with E-state index in [1.165, 1.54) is 11.1 Å². The lowest BCUT2D eigenvalue weighted by molar-refractivity contribution is 0.275. The molecule has 0 atom stereocenters. The van der Waals surface area contributed by atoms with Crippen LogP contribution >= 0.6 is 7.82 Å². The number of aryl methyl sites for hydroxylation is 1. The van der Waals surface area contributed by atoms with Crippen LogP contribution in [0.5, 0.6) is 0 Å². The molecule has 0 radical (unpaired) electrons. The third-order valence-electron chi connectivity index (χ3n) is 1.41. The van der Waals surface area contributed by atoms with E-state index in [0.29, 0.717) is 0 Å². The third kappa shape index (κ3) is 7.71. The molecule has 0 amide bonds. The zero-order valence-electron chi connectivity index (χ0n) is 7.79. The standard InChI is InChI=1S/C9H10.H3O4P/c1-3-9-7-5-4-6-8(9)2;1-5(2,3)4/h3-7H,1H2,2H3;(H3,1,2,3,4). The van der Waals surface area contributed by atoms with E-state index in [0.717, 1.165) is 0 Å². The van der Waals surface area contributed by atoms with Crippen LogP contribution in [0.25, 0.3) is 6.08 Å². The van der Waals surface area contributed by atoms with Gasteiger partial charge in [-0.1, -0.05) is 36.9 Å². The van der Waals surface area contributed by atoms with Crippen molar-refractivity contribution in [3.8, 4) is 0 Å². The van der Waals surface area contributed by atoms with Crippen LogP contribution in [0.2, 0.25) is 0 Å². The number of hydrogen-bond acceptors (Lipinski definition) is 1. The monoisotopic (exact) mass is 216 g/mol. The molecule has 0 bridgehead atoms. The average Bonchev–Trinajstić information content (AvgIpc) is 2.02. The first-order valence-corrected chi connectivity index (χ1v) is 5.37. The lowest BCUT2D eigenvalue weighted by Gasteiger charge is -1.95. The van der Waals surface area contributed by atoms with Crippen LogP contribution in [-0.4, -0.2) is 14.7 Å². The van der Waals surface area contributed by atoms with Crippen LogP contribution in [0.15, 0.2) is 30.8 Å². The van der Waals surface area contributed by atoms with Crippen molar-refractivity contribution in [2.75, 3.05) is 0 Å². The molecule has 1 rings (SSSR count). The fraction of sp³-hybridized carbons (Fsp3) is 0.111. The largest absolute Gasteiger partial charge is 0.466 e. The van der Waals surface area contributed by atoms with Crippen molar-refractivity contribution in [1.82, 2.24) is 0 Å². The summed E-state index contributed by atoms with van der Waals surface area (Å²) in [6.45, 7) is 5.77. The zero-order chi connectivity index (χ0) is 11.2. The fourth-order valence-corrected chi connectivity index (χ4v) is 0.816. The van der Waals surface area contributed by atoms with Crippen molar-refractivity contribution in [2.24, 2.45) is 0 Å². The summed E-state index contributed by atoms with van der Waals surface area (Å²) in [5, 5.41) is 0. The first-order chi connectivity index (χ1) is 6.34. The highest BCUT2D eigenvalue weighted by atomic mass is 31.2. The lowest BCUT2D eigenvalue weighted by Crippen LogP contribution is -1.75. The number of hydrogen-bond donors (Lipinski definition) is 3. The summed E-state index contributed by atoms with van der Waals surface area (Å²) in [6.07, 6.45) is 1.87. The Morgan fingerprint density at radius 3 is 2.00 bits per heavy atom. The van der Waals surface area contributed by atoms with Gasteiger partial charge in [0.25, 0.3) is 0 Å². The molecule has 0 aliphatic carbocycles. The Morgan fingerprint density at radius 1 is 1.29 bits per heavy atom. The summed E-state index contributed by atoms with van der Waals surface area (Å²) in [6, 6.07) is 8.19.